The molecule has 2 amide bonds. The van der Waals surface area contributed by atoms with Crippen molar-refractivity contribution in [2.75, 3.05) is 12.4 Å². The Morgan fingerprint density at radius 2 is 1.77 bits per heavy atom. The van der Waals surface area contributed by atoms with E-state index >= 15 is 0 Å². The molecule has 1 aliphatic carbocycles. The van der Waals surface area contributed by atoms with Crippen molar-refractivity contribution in [1.82, 2.24) is 15.1 Å². The summed E-state index contributed by atoms with van der Waals surface area (Å²) in [4.78, 5) is 25.8. The lowest BCUT2D eigenvalue weighted by molar-refractivity contribution is 0.0949. The van der Waals surface area contributed by atoms with E-state index in [1.807, 2.05) is 12.1 Å². The van der Waals surface area contributed by atoms with Crippen LogP contribution in [0.2, 0.25) is 0 Å². The number of rotatable bonds is 7. The number of hydrogen-bond donors (Lipinski definition) is 2. The van der Waals surface area contributed by atoms with E-state index in [2.05, 4.69) is 15.7 Å². The molecule has 0 unspecified atom stereocenters. The summed E-state index contributed by atoms with van der Waals surface area (Å²) in [6.07, 6.45) is 3.58. The highest BCUT2D eigenvalue weighted by molar-refractivity contribution is 6.08. The first-order valence-electron chi connectivity index (χ1n) is 11.2. The zero-order chi connectivity index (χ0) is 24.4. The van der Waals surface area contributed by atoms with Crippen molar-refractivity contribution in [2.24, 2.45) is 0 Å². The summed E-state index contributed by atoms with van der Waals surface area (Å²) in [7, 11) is 1.57. The zero-order valence-corrected chi connectivity index (χ0v) is 19.0. The van der Waals surface area contributed by atoms with Crippen molar-refractivity contribution < 1.29 is 18.7 Å². The topological polar surface area (TPSA) is 85.2 Å². The normalized spacial score (nSPS) is 12.7. The lowest BCUT2D eigenvalue weighted by Gasteiger charge is -2.08. The number of hydrogen-bond acceptors (Lipinski definition) is 4. The van der Waals surface area contributed by atoms with Gasteiger partial charge in [0.15, 0.2) is 0 Å². The third-order valence-corrected chi connectivity index (χ3v) is 5.69. The number of carbonyl (C=O) groups is 2. The highest BCUT2D eigenvalue weighted by Gasteiger charge is 2.24. The number of aromatic nitrogens is 2. The van der Waals surface area contributed by atoms with Gasteiger partial charge in [0.05, 0.1) is 18.4 Å². The van der Waals surface area contributed by atoms with E-state index in [4.69, 9.17) is 4.74 Å². The molecule has 1 aromatic heterocycles. The Balaban J connectivity index is 1.48. The van der Waals surface area contributed by atoms with Crippen molar-refractivity contribution in [2.45, 2.75) is 18.9 Å². The van der Waals surface area contributed by atoms with Crippen LogP contribution in [0.1, 0.15) is 33.6 Å². The minimum absolute atomic E-state index is 0.162. The second kappa shape index (κ2) is 9.42. The first-order chi connectivity index (χ1) is 17.0. The Bertz CT molecular complexity index is 1390. The SMILES string of the molecule is COc1cccc(-c2nn(-c3ccc(F)cc3)cc2C(=O)Nc2cccc(C(=O)NC3CC3)c2)c1. The second-order valence-electron chi connectivity index (χ2n) is 8.33. The van der Waals surface area contributed by atoms with E-state index in [1.165, 1.54) is 16.8 Å². The van der Waals surface area contributed by atoms with Crippen LogP contribution < -0.4 is 15.4 Å². The number of ether oxygens (including phenoxy) is 1. The van der Waals surface area contributed by atoms with Crippen LogP contribution in [0.25, 0.3) is 16.9 Å². The van der Waals surface area contributed by atoms with Crippen LogP contribution in [0.15, 0.2) is 79.0 Å². The average molecular weight is 471 g/mol. The second-order valence-corrected chi connectivity index (χ2v) is 8.33. The van der Waals surface area contributed by atoms with Gasteiger partial charge in [-0.3, -0.25) is 9.59 Å². The molecule has 1 saturated carbocycles. The lowest BCUT2D eigenvalue weighted by atomic mass is 10.1. The van der Waals surface area contributed by atoms with Gasteiger partial charge in [-0.05, 0) is 67.4 Å². The molecule has 0 spiro atoms. The first kappa shape index (κ1) is 22.3. The molecule has 5 rings (SSSR count). The minimum Gasteiger partial charge on any atom is -0.497 e. The van der Waals surface area contributed by atoms with Gasteiger partial charge in [-0.1, -0.05) is 18.2 Å². The summed E-state index contributed by atoms with van der Waals surface area (Å²) in [6.45, 7) is 0. The van der Waals surface area contributed by atoms with Crippen LogP contribution in [0.4, 0.5) is 10.1 Å². The molecule has 0 radical (unpaired) electrons. The molecule has 0 bridgehead atoms. The molecule has 1 aliphatic rings. The minimum atomic E-state index is -0.393. The summed E-state index contributed by atoms with van der Waals surface area (Å²) in [5, 5.41) is 10.4. The molecular formula is C27H23FN4O3. The molecule has 0 atom stereocenters. The van der Waals surface area contributed by atoms with Gasteiger partial charge in [-0.25, -0.2) is 9.07 Å². The van der Waals surface area contributed by atoms with Gasteiger partial charge in [0.1, 0.15) is 17.3 Å². The number of methoxy groups -OCH3 is 1. The van der Waals surface area contributed by atoms with E-state index in [0.29, 0.717) is 39.5 Å². The molecule has 7 nitrogen and oxygen atoms in total. The number of amides is 2. The lowest BCUT2D eigenvalue weighted by Crippen LogP contribution is -2.25. The number of nitrogens with one attached hydrogen (secondary N) is 2. The molecule has 2 N–H and O–H groups in total. The predicted octanol–water partition coefficient (Wildman–Crippen LogP) is 4.83. The quantitative estimate of drug-likeness (QED) is 0.405. The molecular weight excluding hydrogens is 447 g/mol. The van der Waals surface area contributed by atoms with Gasteiger partial charge in [-0.2, -0.15) is 5.10 Å². The monoisotopic (exact) mass is 470 g/mol. The number of anilines is 1. The maximum atomic E-state index is 13.4. The van der Waals surface area contributed by atoms with E-state index in [0.717, 1.165) is 12.8 Å². The van der Waals surface area contributed by atoms with Crippen LogP contribution >= 0.6 is 0 Å². The molecule has 1 fully saturated rings. The molecule has 8 heteroatoms. The molecule has 1 heterocycles. The van der Waals surface area contributed by atoms with E-state index < -0.39 is 5.91 Å². The molecule has 3 aromatic carbocycles. The van der Waals surface area contributed by atoms with E-state index in [9.17, 15) is 14.0 Å². The number of benzene rings is 3. The maximum absolute atomic E-state index is 13.4. The summed E-state index contributed by atoms with van der Waals surface area (Å²) in [5.41, 5.74) is 3.01. The van der Waals surface area contributed by atoms with Crippen LogP contribution in [0.3, 0.4) is 0 Å². The zero-order valence-electron chi connectivity index (χ0n) is 19.0. The van der Waals surface area contributed by atoms with E-state index in [1.54, 1.807) is 61.8 Å². The van der Waals surface area contributed by atoms with Gasteiger partial charge in [0.2, 0.25) is 0 Å². The van der Waals surface area contributed by atoms with Crippen LogP contribution in [0, 0.1) is 5.82 Å². The third-order valence-electron chi connectivity index (χ3n) is 5.69. The fourth-order valence-corrected chi connectivity index (χ4v) is 3.68. The Labute approximate surface area is 201 Å². The smallest absolute Gasteiger partial charge is 0.259 e. The Hall–Kier alpha value is -4.46. The molecule has 0 aliphatic heterocycles. The Morgan fingerprint density at radius 1 is 1.00 bits per heavy atom. The highest BCUT2D eigenvalue weighted by atomic mass is 19.1. The van der Waals surface area contributed by atoms with Gasteiger partial charge < -0.3 is 15.4 Å². The van der Waals surface area contributed by atoms with Gasteiger partial charge >= 0.3 is 0 Å². The molecule has 0 saturated heterocycles. The van der Waals surface area contributed by atoms with Gasteiger partial charge in [0, 0.05) is 29.1 Å². The summed E-state index contributed by atoms with van der Waals surface area (Å²) in [5.74, 6) is -0.294. The number of halogens is 1. The van der Waals surface area contributed by atoms with Crippen molar-refractivity contribution in [3.63, 3.8) is 0 Å². The number of nitrogens with zero attached hydrogens (tertiary/aromatic N) is 2. The van der Waals surface area contributed by atoms with Crippen molar-refractivity contribution >= 4 is 17.5 Å². The molecule has 35 heavy (non-hydrogen) atoms. The van der Waals surface area contributed by atoms with Crippen molar-refractivity contribution in [3.8, 4) is 22.7 Å². The van der Waals surface area contributed by atoms with Crippen LogP contribution in [-0.2, 0) is 0 Å². The number of carbonyl (C=O) groups excluding carboxylic acids is 2. The summed E-state index contributed by atoms with van der Waals surface area (Å²) in [6, 6.07) is 20.1. The molecule has 176 valence electrons. The fraction of sp³-hybridized carbons (Fsp3) is 0.148. The Kier molecular flexibility index (Phi) is 6.01. The Morgan fingerprint density at radius 3 is 2.51 bits per heavy atom. The fourth-order valence-electron chi connectivity index (χ4n) is 3.68. The maximum Gasteiger partial charge on any atom is 0.259 e. The van der Waals surface area contributed by atoms with Gasteiger partial charge in [0.25, 0.3) is 11.8 Å². The predicted molar refractivity (Wildman–Crippen MR) is 130 cm³/mol. The van der Waals surface area contributed by atoms with Crippen molar-refractivity contribution in [1.29, 1.82) is 0 Å². The first-order valence-corrected chi connectivity index (χ1v) is 11.2. The highest BCUT2D eigenvalue weighted by Crippen LogP contribution is 2.28. The van der Waals surface area contributed by atoms with Gasteiger partial charge in [-0.15, -0.1) is 0 Å². The third kappa shape index (κ3) is 5.06. The summed E-state index contributed by atoms with van der Waals surface area (Å²) < 4.78 is 20.3. The van der Waals surface area contributed by atoms with Crippen LogP contribution in [-0.4, -0.2) is 34.7 Å². The van der Waals surface area contributed by atoms with Crippen molar-refractivity contribution in [3.05, 3.63) is 95.9 Å². The standard InChI is InChI=1S/C27H23FN4O3/c1-35-23-7-3-4-17(15-23)25-24(16-32(31-25)22-12-8-19(28)9-13-22)27(34)30-21-6-2-5-18(14-21)26(33)29-20-10-11-20/h2-9,12-16,20H,10-11H2,1H3,(H,29,33)(H,30,34). The largest absolute Gasteiger partial charge is 0.497 e. The average Bonchev–Trinajstić information content (AvgIpc) is 3.58. The van der Waals surface area contributed by atoms with Crippen LogP contribution in [0.5, 0.6) is 5.75 Å². The summed E-state index contributed by atoms with van der Waals surface area (Å²) >= 11 is 0. The van der Waals surface area contributed by atoms with E-state index in [-0.39, 0.29) is 17.8 Å². The molecule has 4 aromatic rings.